The van der Waals surface area contributed by atoms with Crippen molar-refractivity contribution in [2.45, 2.75) is 46.7 Å². The van der Waals surface area contributed by atoms with Crippen molar-refractivity contribution in [2.24, 2.45) is 5.92 Å². The van der Waals surface area contributed by atoms with Gasteiger partial charge in [-0.25, -0.2) is 0 Å². The van der Waals surface area contributed by atoms with E-state index in [9.17, 15) is 9.59 Å². The number of nitrogens with one attached hydrogen (secondary N) is 1. The lowest BCUT2D eigenvalue weighted by molar-refractivity contribution is -0.135. The van der Waals surface area contributed by atoms with E-state index < -0.39 is 6.04 Å². The standard InChI is InChI=1S/C17H24N2O2/c1-11(2)16-17(21)19(8-7-15(20)18-16)10-14-9-12(3)5-6-13(14)4/h5-6,9,11,16H,7-8,10H2,1-4H3,(H,18,20). The molecule has 1 unspecified atom stereocenters. The molecule has 21 heavy (non-hydrogen) atoms. The molecule has 1 aromatic rings. The average Bonchev–Trinajstić information content (AvgIpc) is 2.56. The minimum Gasteiger partial charge on any atom is -0.344 e. The van der Waals surface area contributed by atoms with E-state index in [1.165, 1.54) is 11.1 Å². The maximum absolute atomic E-state index is 12.6. The Labute approximate surface area is 126 Å². The van der Waals surface area contributed by atoms with Gasteiger partial charge in [-0.1, -0.05) is 37.6 Å². The summed E-state index contributed by atoms with van der Waals surface area (Å²) < 4.78 is 0. The molecule has 1 aliphatic heterocycles. The van der Waals surface area contributed by atoms with Gasteiger partial charge in [0.05, 0.1) is 0 Å². The number of carbonyl (C=O) groups is 2. The molecule has 1 heterocycles. The van der Waals surface area contributed by atoms with E-state index >= 15 is 0 Å². The summed E-state index contributed by atoms with van der Waals surface area (Å²) in [6, 6.07) is 5.86. The molecular formula is C17H24N2O2. The lowest BCUT2D eigenvalue weighted by Crippen LogP contribution is -2.47. The fraction of sp³-hybridized carbons (Fsp3) is 0.529. The molecular weight excluding hydrogens is 264 g/mol. The quantitative estimate of drug-likeness (QED) is 0.926. The number of hydrogen-bond donors (Lipinski definition) is 1. The second kappa shape index (κ2) is 6.29. The molecule has 1 fully saturated rings. The molecule has 0 bridgehead atoms. The number of hydrogen-bond acceptors (Lipinski definition) is 2. The van der Waals surface area contributed by atoms with Crippen molar-refractivity contribution >= 4 is 11.8 Å². The molecule has 0 saturated carbocycles. The van der Waals surface area contributed by atoms with Gasteiger partial charge in [-0.05, 0) is 30.9 Å². The van der Waals surface area contributed by atoms with E-state index in [-0.39, 0.29) is 17.7 Å². The molecule has 4 heteroatoms. The minimum absolute atomic E-state index is 0.0248. The van der Waals surface area contributed by atoms with Gasteiger partial charge in [-0.15, -0.1) is 0 Å². The predicted molar refractivity (Wildman–Crippen MR) is 82.7 cm³/mol. The second-order valence-corrected chi connectivity index (χ2v) is 6.23. The summed E-state index contributed by atoms with van der Waals surface area (Å²) in [7, 11) is 0. The summed E-state index contributed by atoms with van der Waals surface area (Å²) >= 11 is 0. The van der Waals surface area contributed by atoms with Crippen molar-refractivity contribution in [3.05, 3.63) is 34.9 Å². The fourth-order valence-corrected chi connectivity index (χ4v) is 2.64. The summed E-state index contributed by atoms with van der Waals surface area (Å²) in [5, 5.41) is 2.84. The number of nitrogens with zero attached hydrogens (tertiary/aromatic N) is 1. The summed E-state index contributed by atoms with van der Waals surface area (Å²) in [6.07, 6.45) is 0.375. The Morgan fingerprint density at radius 1 is 1.29 bits per heavy atom. The zero-order valence-corrected chi connectivity index (χ0v) is 13.3. The van der Waals surface area contributed by atoms with Gasteiger partial charge in [0, 0.05) is 19.5 Å². The molecule has 0 radical (unpaired) electrons. The SMILES string of the molecule is Cc1ccc(C)c(CN2CCC(=O)NC(C(C)C)C2=O)c1. The van der Waals surface area contributed by atoms with Gasteiger partial charge in [0.2, 0.25) is 11.8 Å². The molecule has 0 aromatic heterocycles. The van der Waals surface area contributed by atoms with Crippen LogP contribution in [0.1, 0.15) is 37.0 Å². The molecule has 1 atom stereocenters. The van der Waals surface area contributed by atoms with Crippen LogP contribution in [0.3, 0.4) is 0 Å². The van der Waals surface area contributed by atoms with Crippen LogP contribution >= 0.6 is 0 Å². The van der Waals surface area contributed by atoms with Crippen LogP contribution in [0, 0.1) is 19.8 Å². The second-order valence-electron chi connectivity index (χ2n) is 6.23. The van der Waals surface area contributed by atoms with Crippen LogP contribution in [0.15, 0.2) is 18.2 Å². The highest BCUT2D eigenvalue weighted by atomic mass is 16.2. The van der Waals surface area contributed by atoms with Crippen LogP contribution in [-0.2, 0) is 16.1 Å². The maximum atomic E-state index is 12.6. The molecule has 2 rings (SSSR count). The van der Waals surface area contributed by atoms with Crippen LogP contribution in [-0.4, -0.2) is 29.3 Å². The minimum atomic E-state index is -0.412. The topological polar surface area (TPSA) is 49.4 Å². The number of rotatable bonds is 3. The lowest BCUT2D eigenvalue weighted by Gasteiger charge is -2.26. The Morgan fingerprint density at radius 3 is 2.67 bits per heavy atom. The average molecular weight is 288 g/mol. The number of benzene rings is 1. The largest absolute Gasteiger partial charge is 0.344 e. The van der Waals surface area contributed by atoms with Crippen molar-refractivity contribution in [1.82, 2.24) is 10.2 Å². The summed E-state index contributed by atoms with van der Waals surface area (Å²) in [5.74, 6) is 0.0860. The molecule has 2 amide bonds. The van der Waals surface area contributed by atoms with Crippen LogP contribution in [0.25, 0.3) is 0 Å². The molecule has 1 N–H and O–H groups in total. The van der Waals surface area contributed by atoms with Crippen LogP contribution in [0.5, 0.6) is 0 Å². The third kappa shape index (κ3) is 3.63. The highest BCUT2D eigenvalue weighted by Gasteiger charge is 2.31. The molecule has 0 aliphatic carbocycles. The summed E-state index contributed by atoms with van der Waals surface area (Å²) in [6.45, 7) is 9.09. The molecule has 1 saturated heterocycles. The van der Waals surface area contributed by atoms with E-state index in [1.54, 1.807) is 0 Å². The predicted octanol–water partition coefficient (Wildman–Crippen LogP) is 2.18. The molecule has 4 nitrogen and oxygen atoms in total. The number of amides is 2. The first-order valence-corrected chi connectivity index (χ1v) is 7.52. The Kier molecular flexibility index (Phi) is 4.66. The van der Waals surface area contributed by atoms with Gasteiger partial charge in [0.25, 0.3) is 0 Å². The number of aryl methyl sites for hydroxylation is 2. The lowest BCUT2D eigenvalue weighted by atomic mass is 10.0. The van der Waals surface area contributed by atoms with E-state index in [2.05, 4.69) is 37.4 Å². The maximum Gasteiger partial charge on any atom is 0.245 e. The Hall–Kier alpha value is -1.84. The summed E-state index contributed by atoms with van der Waals surface area (Å²) in [4.78, 5) is 26.2. The molecule has 0 spiro atoms. The zero-order valence-electron chi connectivity index (χ0n) is 13.3. The smallest absolute Gasteiger partial charge is 0.245 e. The van der Waals surface area contributed by atoms with Crippen molar-refractivity contribution in [2.75, 3.05) is 6.54 Å². The highest BCUT2D eigenvalue weighted by Crippen LogP contribution is 2.17. The third-order valence-corrected chi connectivity index (χ3v) is 4.04. The van der Waals surface area contributed by atoms with Crippen LogP contribution in [0.2, 0.25) is 0 Å². The Bertz CT molecular complexity index is 552. The van der Waals surface area contributed by atoms with E-state index in [1.807, 2.05) is 18.7 Å². The van der Waals surface area contributed by atoms with Gasteiger partial charge in [-0.3, -0.25) is 9.59 Å². The molecule has 114 valence electrons. The van der Waals surface area contributed by atoms with Crippen LogP contribution < -0.4 is 5.32 Å². The van der Waals surface area contributed by atoms with Crippen LogP contribution in [0.4, 0.5) is 0 Å². The zero-order chi connectivity index (χ0) is 15.6. The van der Waals surface area contributed by atoms with E-state index in [0.29, 0.717) is 19.5 Å². The van der Waals surface area contributed by atoms with Gasteiger partial charge in [0.1, 0.15) is 6.04 Å². The first-order chi connectivity index (χ1) is 9.88. The van der Waals surface area contributed by atoms with Gasteiger partial charge in [-0.2, -0.15) is 0 Å². The highest BCUT2D eigenvalue weighted by molar-refractivity contribution is 5.90. The third-order valence-electron chi connectivity index (χ3n) is 4.04. The molecule has 1 aromatic carbocycles. The Morgan fingerprint density at radius 2 is 2.00 bits per heavy atom. The summed E-state index contributed by atoms with van der Waals surface area (Å²) in [5.41, 5.74) is 3.52. The molecule has 1 aliphatic rings. The van der Waals surface area contributed by atoms with Crippen molar-refractivity contribution in [3.63, 3.8) is 0 Å². The van der Waals surface area contributed by atoms with Crippen molar-refractivity contribution in [1.29, 1.82) is 0 Å². The Balaban J connectivity index is 2.23. The first kappa shape index (κ1) is 15.5. The fourth-order valence-electron chi connectivity index (χ4n) is 2.64. The van der Waals surface area contributed by atoms with Gasteiger partial charge in [0.15, 0.2) is 0 Å². The van der Waals surface area contributed by atoms with Gasteiger partial charge >= 0.3 is 0 Å². The van der Waals surface area contributed by atoms with Crippen molar-refractivity contribution < 1.29 is 9.59 Å². The van der Waals surface area contributed by atoms with E-state index in [0.717, 1.165) is 5.56 Å². The normalized spacial score (nSPS) is 19.7. The van der Waals surface area contributed by atoms with E-state index in [4.69, 9.17) is 0 Å². The first-order valence-electron chi connectivity index (χ1n) is 7.52. The number of carbonyl (C=O) groups excluding carboxylic acids is 2. The monoisotopic (exact) mass is 288 g/mol. The van der Waals surface area contributed by atoms with Crippen molar-refractivity contribution in [3.8, 4) is 0 Å². The van der Waals surface area contributed by atoms with Gasteiger partial charge < -0.3 is 10.2 Å².